The summed E-state index contributed by atoms with van der Waals surface area (Å²) in [6.07, 6.45) is 4.83. The monoisotopic (exact) mass is 338 g/mol. The van der Waals surface area contributed by atoms with Crippen LogP contribution in [0, 0.1) is 11.8 Å². The predicted molar refractivity (Wildman–Crippen MR) is 95.8 cm³/mol. The lowest BCUT2D eigenvalue weighted by atomic mass is 9.93. The number of hydrogen-bond donors (Lipinski definition) is 2. The van der Waals surface area contributed by atoms with Gasteiger partial charge >= 0.3 is 6.03 Å². The van der Waals surface area contributed by atoms with Gasteiger partial charge in [0.25, 0.3) is 0 Å². The Hall–Kier alpha value is -1.30. The number of rotatable bonds is 5. The van der Waals surface area contributed by atoms with Crippen molar-refractivity contribution in [3.8, 4) is 0 Å². The quantitative estimate of drug-likeness (QED) is 0.801. The largest absolute Gasteiger partial charge is 0.341 e. The number of likely N-dealkylation sites (N-methyl/N-ethyl adjacent to an activating group) is 1. The number of urea groups is 1. The van der Waals surface area contributed by atoms with Gasteiger partial charge in [0.15, 0.2) is 0 Å². The van der Waals surface area contributed by atoms with Crippen molar-refractivity contribution in [3.05, 3.63) is 0 Å². The number of carbonyl (C=O) groups excluding carboxylic acids is 2. The Kier molecular flexibility index (Phi) is 7.34. The summed E-state index contributed by atoms with van der Waals surface area (Å²) in [7, 11) is 1.97. The molecule has 0 radical (unpaired) electrons. The second-order valence-electron chi connectivity index (χ2n) is 7.71. The van der Waals surface area contributed by atoms with Crippen molar-refractivity contribution in [2.45, 2.75) is 52.0 Å². The van der Waals surface area contributed by atoms with E-state index in [1.54, 1.807) is 0 Å². The Bertz CT molecular complexity index is 427. The van der Waals surface area contributed by atoms with E-state index in [-0.39, 0.29) is 11.9 Å². The van der Waals surface area contributed by atoms with E-state index < -0.39 is 0 Å². The molecule has 2 saturated heterocycles. The van der Waals surface area contributed by atoms with Crippen LogP contribution in [0.3, 0.4) is 0 Å². The molecule has 6 heteroatoms. The highest BCUT2D eigenvalue weighted by atomic mass is 16.2. The maximum Gasteiger partial charge on any atom is 0.317 e. The second kappa shape index (κ2) is 9.25. The molecule has 138 valence electrons. The Morgan fingerprint density at radius 3 is 2.50 bits per heavy atom. The third kappa shape index (κ3) is 5.65. The fourth-order valence-electron chi connectivity index (χ4n) is 3.63. The molecule has 2 atom stereocenters. The van der Waals surface area contributed by atoms with E-state index >= 15 is 0 Å². The molecule has 0 aromatic heterocycles. The van der Waals surface area contributed by atoms with E-state index in [2.05, 4.69) is 24.5 Å². The van der Waals surface area contributed by atoms with Crippen LogP contribution in [0.25, 0.3) is 0 Å². The Balaban J connectivity index is 1.79. The molecular formula is C18H34N4O2. The van der Waals surface area contributed by atoms with Crippen LogP contribution in [-0.4, -0.2) is 67.6 Å². The highest BCUT2D eigenvalue weighted by Gasteiger charge is 2.28. The average molecular weight is 338 g/mol. The molecule has 2 unspecified atom stereocenters. The minimum Gasteiger partial charge on any atom is -0.341 e. The molecule has 24 heavy (non-hydrogen) atoms. The first-order valence-electron chi connectivity index (χ1n) is 9.47. The lowest BCUT2D eigenvalue weighted by molar-refractivity contribution is -0.133. The molecule has 0 bridgehead atoms. The van der Waals surface area contributed by atoms with E-state index in [1.807, 2.05) is 16.8 Å². The molecule has 0 saturated carbocycles. The smallest absolute Gasteiger partial charge is 0.317 e. The first-order valence-corrected chi connectivity index (χ1v) is 9.47. The number of amides is 3. The summed E-state index contributed by atoms with van der Waals surface area (Å²) >= 11 is 0. The first-order chi connectivity index (χ1) is 11.5. The van der Waals surface area contributed by atoms with Crippen LogP contribution in [0.2, 0.25) is 0 Å². The summed E-state index contributed by atoms with van der Waals surface area (Å²) in [5.74, 6) is 1.01. The molecule has 0 aromatic carbocycles. The van der Waals surface area contributed by atoms with Crippen LogP contribution in [0.15, 0.2) is 0 Å². The summed E-state index contributed by atoms with van der Waals surface area (Å²) in [6.45, 7) is 8.10. The molecule has 0 aliphatic carbocycles. The molecule has 2 aliphatic rings. The summed E-state index contributed by atoms with van der Waals surface area (Å²) in [4.78, 5) is 28.7. The van der Waals surface area contributed by atoms with Gasteiger partial charge in [-0.1, -0.05) is 13.8 Å². The summed E-state index contributed by atoms with van der Waals surface area (Å²) < 4.78 is 0. The zero-order valence-corrected chi connectivity index (χ0v) is 15.5. The molecule has 2 aliphatic heterocycles. The molecule has 0 spiro atoms. The lowest BCUT2D eigenvalue weighted by Gasteiger charge is -2.36. The van der Waals surface area contributed by atoms with E-state index in [9.17, 15) is 9.59 Å². The van der Waals surface area contributed by atoms with Crippen molar-refractivity contribution in [2.24, 2.45) is 11.8 Å². The second-order valence-corrected chi connectivity index (χ2v) is 7.71. The zero-order valence-electron chi connectivity index (χ0n) is 15.5. The van der Waals surface area contributed by atoms with Gasteiger partial charge < -0.3 is 20.4 Å². The average Bonchev–Trinajstić information content (AvgIpc) is 2.59. The van der Waals surface area contributed by atoms with Gasteiger partial charge in [-0.25, -0.2) is 4.79 Å². The minimum absolute atomic E-state index is 0.0223. The topological polar surface area (TPSA) is 64.7 Å². The lowest BCUT2D eigenvalue weighted by Crippen LogP contribution is -2.49. The van der Waals surface area contributed by atoms with E-state index in [1.165, 1.54) is 0 Å². The molecule has 2 rings (SSSR count). The van der Waals surface area contributed by atoms with E-state index in [0.29, 0.717) is 37.4 Å². The maximum atomic E-state index is 12.6. The van der Waals surface area contributed by atoms with Gasteiger partial charge in [-0.3, -0.25) is 4.79 Å². The summed E-state index contributed by atoms with van der Waals surface area (Å²) in [5.41, 5.74) is 0. The fraction of sp³-hybridized carbons (Fsp3) is 0.889. The highest BCUT2D eigenvalue weighted by Crippen LogP contribution is 2.22. The van der Waals surface area contributed by atoms with Crippen LogP contribution >= 0.6 is 0 Å². The van der Waals surface area contributed by atoms with Crippen LogP contribution in [-0.2, 0) is 4.79 Å². The summed E-state index contributed by atoms with van der Waals surface area (Å²) in [5, 5.41) is 6.27. The normalized spacial score (nSPS) is 25.0. The van der Waals surface area contributed by atoms with Gasteiger partial charge in [-0.05, 0) is 44.6 Å². The highest BCUT2D eigenvalue weighted by molar-refractivity contribution is 5.77. The van der Waals surface area contributed by atoms with Gasteiger partial charge in [0.05, 0.1) is 0 Å². The number of hydrogen-bond acceptors (Lipinski definition) is 3. The van der Waals surface area contributed by atoms with E-state index in [4.69, 9.17) is 0 Å². The SMILES string of the molecule is CNC1CCCN(C(=O)CC2CCCN(C(=O)NCC(C)C)C2)C1. The molecular weight excluding hydrogens is 304 g/mol. The minimum atomic E-state index is 0.0223. The van der Waals surface area contributed by atoms with Gasteiger partial charge in [0, 0.05) is 45.2 Å². The molecule has 2 N–H and O–H groups in total. The molecule has 3 amide bonds. The third-order valence-electron chi connectivity index (χ3n) is 5.11. The Morgan fingerprint density at radius 2 is 1.79 bits per heavy atom. The number of nitrogens with zero attached hydrogens (tertiary/aromatic N) is 2. The number of piperidine rings is 2. The van der Waals surface area contributed by atoms with Crippen molar-refractivity contribution in [1.82, 2.24) is 20.4 Å². The van der Waals surface area contributed by atoms with Crippen LogP contribution in [0.1, 0.15) is 46.0 Å². The van der Waals surface area contributed by atoms with Crippen molar-refractivity contribution in [3.63, 3.8) is 0 Å². The molecule has 2 fully saturated rings. The molecule has 2 heterocycles. The molecule has 0 aromatic rings. The van der Waals surface area contributed by atoms with Crippen molar-refractivity contribution >= 4 is 11.9 Å². The number of carbonyl (C=O) groups is 2. The zero-order chi connectivity index (χ0) is 17.5. The maximum absolute atomic E-state index is 12.6. The number of nitrogens with one attached hydrogen (secondary N) is 2. The van der Waals surface area contributed by atoms with E-state index in [0.717, 1.165) is 45.3 Å². The molecule has 6 nitrogen and oxygen atoms in total. The fourth-order valence-corrected chi connectivity index (χ4v) is 3.63. The van der Waals surface area contributed by atoms with Crippen molar-refractivity contribution in [2.75, 3.05) is 39.8 Å². The third-order valence-corrected chi connectivity index (χ3v) is 5.11. The van der Waals surface area contributed by atoms with Crippen LogP contribution in [0.5, 0.6) is 0 Å². The predicted octanol–water partition coefficient (Wildman–Crippen LogP) is 1.66. The van der Waals surface area contributed by atoms with Gasteiger partial charge in [0.1, 0.15) is 0 Å². The van der Waals surface area contributed by atoms with Crippen LogP contribution in [0.4, 0.5) is 4.79 Å². The Morgan fingerprint density at radius 1 is 1.08 bits per heavy atom. The summed E-state index contributed by atoms with van der Waals surface area (Å²) in [6, 6.07) is 0.446. The first kappa shape index (κ1) is 19.0. The Labute approximate surface area is 146 Å². The van der Waals surface area contributed by atoms with Gasteiger partial charge in [-0.2, -0.15) is 0 Å². The van der Waals surface area contributed by atoms with Crippen LogP contribution < -0.4 is 10.6 Å². The van der Waals surface area contributed by atoms with Gasteiger partial charge in [-0.15, -0.1) is 0 Å². The van der Waals surface area contributed by atoms with Crippen molar-refractivity contribution < 1.29 is 9.59 Å². The standard InChI is InChI=1S/C18H34N4O2/c1-14(2)11-20-18(24)22-9-4-6-15(12-22)10-17(23)21-8-5-7-16(13-21)19-3/h14-16,19H,4-13H2,1-3H3,(H,20,24). The van der Waals surface area contributed by atoms with Crippen molar-refractivity contribution in [1.29, 1.82) is 0 Å². The number of likely N-dealkylation sites (tertiary alicyclic amines) is 2. The van der Waals surface area contributed by atoms with Gasteiger partial charge in [0.2, 0.25) is 5.91 Å².